The van der Waals surface area contributed by atoms with Crippen LogP contribution < -0.4 is 26.4 Å². The number of benzene rings is 1. The number of aliphatic hydroxyl groups is 1. The average Bonchev–Trinajstić information content (AvgIpc) is 4.08. The van der Waals surface area contributed by atoms with Crippen molar-refractivity contribution in [3.05, 3.63) is 65.2 Å². The van der Waals surface area contributed by atoms with Crippen LogP contribution in [0, 0.1) is 28.6 Å². The number of fused-ring (bicyclic) bond motifs is 4. The standard InChI is InChI=1S/C37H42N14O12P2/c1-20(2)33(53)46-37-45-32-28(35(55)47-37)43-19-51(32)36-29(52)26-24(63-36)16-61-64(56,58-12-6-10-38)48-22-14-25(62-23(22)15-60-65(57,49-26)59-13-7-11-39)50-18-42-27-30(40-17-41-31(27)50)44-34(54)21-8-4-3-5-9-21/h3-5,8-9,17-20,22-26,29,36,52H,6-7,12-16H2,1-2H3,(H,48,56)(H,49,57)(H,40,41,44,54)(H2,45,46,47,53,55)/t22-,23+,24+,25+,26+,29+,36+,64?,65?/m0/s1. The van der Waals surface area contributed by atoms with Gasteiger partial charge in [0.1, 0.15) is 24.8 Å². The first kappa shape index (κ1) is 45.7. The van der Waals surface area contributed by atoms with Gasteiger partial charge >= 0.3 is 15.5 Å². The lowest BCUT2D eigenvalue weighted by molar-refractivity contribution is -0.118. The maximum absolute atomic E-state index is 14.6. The molecule has 2 unspecified atom stereocenters. The monoisotopic (exact) mass is 936 g/mol. The molecule has 0 spiro atoms. The van der Waals surface area contributed by atoms with Gasteiger partial charge in [0.05, 0.1) is 82.2 Å². The molecule has 0 bridgehead atoms. The molecule has 3 fully saturated rings. The van der Waals surface area contributed by atoms with Crippen LogP contribution in [0.2, 0.25) is 0 Å². The van der Waals surface area contributed by atoms with E-state index in [0.717, 1.165) is 0 Å². The summed E-state index contributed by atoms with van der Waals surface area (Å²) in [6.45, 7) is 1.49. The maximum atomic E-state index is 14.6. The summed E-state index contributed by atoms with van der Waals surface area (Å²) in [5.41, 5.74) is -0.0866. The molecule has 3 saturated heterocycles. The van der Waals surface area contributed by atoms with Crippen molar-refractivity contribution in [2.75, 3.05) is 37.1 Å². The molecule has 1 aromatic carbocycles. The second kappa shape index (κ2) is 19.3. The number of nitriles is 2. The van der Waals surface area contributed by atoms with Crippen LogP contribution in [0.1, 0.15) is 55.9 Å². The SMILES string of the molecule is CC(C)C(=O)Nc1nc2c(ncn2[C@@H]2O[C@@H]3COP(=O)(OCCC#N)N[C@H]4C[C@H](n5cnc6c(NC(=O)c7ccccc7)ncnc65)O[C@@H]4COP(=O)(OCCC#N)N[C@H]3[C@H]2O)c(=O)[nH]1. The molecule has 26 nitrogen and oxygen atoms in total. The first-order valence-electron chi connectivity index (χ1n) is 20.2. The van der Waals surface area contributed by atoms with E-state index in [1.54, 1.807) is 48.7 Å². The molecule has 3 aliphatic heterocycles. The summed E-state index contributed by atoms with van der Waals surface area (Å²) in [6.07, 6.45) is -2.90. The second-order valence-corrected chi connectivity index (χ2v) is 18.7. The van der Waals surface area contributed by atoms with Gasteiger partial charge in [0.25, 0.3) is 11.5 Å². The van der Waals surface area contributed by atoms with Gasteiger partial charge in [0.2, 0.25) is 11.9 Å². The first-order valence-corrected chi connectivity index (χ1v) is 23.3. The zero-order chi connectivity index (χ0) is 45.9. The Kier molecular flexibility index (Phi) is 13.6. The zero-order valence-electron chi connectivity index (χ0n) is 34.5. The van der Waals surface area contributed by atoms with E-state index in [2.05, 4.69) is 50.7 Å². The number of rotatable bonds is 12. The zero-order valence-corrected chi connectivity index (χ0v) is 36.3. The number of nitrogens with one attached hydrogen (secondary N) is 5. The summed E-state index contributed by atoms with van der Waals surface area (Å²) < 4.78 is 68.1. The largest absolute Gasteiger partial charge is 0.406 e. The van der Waals surface area contributed by atoms with Crippen LogP contribution in [0.15, 0.2) is 54.1 Å². The first-order chi connectivity index (χ1) is 31.3. The molecule has 28 heteroatoms. The normalized spacial score (nSPS) is 28.1. The summed E-state index contributed by atoms with van der Waals surface area (Å²) in [6, 6.07) is 9.98. The third-order valence-electron chi connectivity index (χ3n) is 10.4. The van der Waals surface area contributed by atoms with Crippen LogP contribution >= 0.6 is 15.5 Å². The molecule has 2 amide bonds. The third kappa shape index (κ3) is 9.89. The quantitative estimate of drug-likeness (QED) is 0.0772. The highest BCUT2D eigenvalue weighted by atomic mass is 31.2. The van der Waals surface area contributed by atoms with Gasteiger partial charge in [-0.1, -0.05) is 32.0 Å². The van der Waals surface area contributed by atoms with Crippen molar-refractivity contribution < 1.29 is 51.4 Å². The number of imidazole rings is 2. The Hall–Kier alpha value is -5.86. The molecular formula is C37H42N14O12P2. The van der Waals surface area contributed by atoms with E-state index >= 15 is 0 Å². The van der Waals surface area contributed by atoms with Crippen molar-refractivity contribution >= 4 is 61.4 Å². The summed E-state index contributed by atoms with van der Waals surface area (Å²) in [4.78, 5) is 62.4. The molecule has 8 rings (SSSR count). The van der Waals surface area contributed by atoms with Gasteiger partial charge in [-0.15, -0.1) is 0 Å². The molecule has 3 aliphatic rings. The number of anilines is 2. The molecule has 4 aromatic heterocycles. The van der Waals surface area contributed by atoms with E-state index in [1.807, 2.05) is 12.1 Å². The van der Waals surface area contributed by atoms with Gasteiger partial charge in [-0.2, -0.15) is 15.5 Å². The number of H-pyrrole nitrogens is 1. The Morgan fingerprint density at radius 3 is 2.29 bits per heavy atom. The van der Waals surface area contributed by atoms with Gasteiger partial charge in [-0.3, -0.25) is 51.9 Å². The Labute approximate surface area is 368 Å². The smallest absolute Gasteiger partial charge is 0.387 e. The van der Waals surface area contributed by atoms with Crippen LogP contribution in [0.4, 0.5) is 11.8 Å². The van der Waals surface area contributed by atoms with Gasteiger partial charge in [0.15, 0.2) is 34.4 Å². The lowest BCUT2D eigenvalue weighted by Crippen LogP contribution is -2.46. The molecular weight excluding hydrogens is 894 g/mol. The highest BCUT2D eigenvalue weighted by Crippen LogP contribution is 2.52. The summed E-state index contributed by atoms with van der Waals surface area (Å²) in [5, 5.41) is 41.4. The fourth-order valence-electron chi connectivity index (χ4n) is 7.20. The molecule has 0 radical (unpaired) electrons. The summed E-state index contributed by atoms with van der Waals surface area (Å²) in [7, 11) is -8.95. The van der Waals surface area contributed by atoms with Crippen molar-refractivity contribution in [3.8, 4) is 12.1 Å². The molecule has 5 aromatic rings. The van der Waals surface area contributed by atoms with Crippen molar-refractivity contribution in [1.29, 1.82) is 10.5 Å². The maximum Gasteiger partial charge on any atom is 0.406 e. The average molecular weight is 937 g/mol. The Morgan fingerprint density at radius 1 is 0.908 bits per heavy atom. The molecule has 6 N–H and O–H groups in total. The predicted molar refractivity (Wildman–Crippen MR) is 223 cm³/mol. The Bertz CT molecular complexity index is 2810. The Balaban J connectivity index is 1.09. The number of nitrogens with zero attached hydrogens (tertiary/aromatic N) is 9. The number of hydrogen-bond donors (Lipinski definition) is 6. The van der Waals surface area contributed by atoms with Gasteiger partial charge in [0, 0.05) is 17.9 Å². The van der Waals surface area contributed by atoms with Crippen molar-refractivity contribution in [2.24, 2.45) is 5.92 Å². The minimum absolute atomic E-state index is 0.0277. The number of aromatic nitrogens is 8. The van der Waals surface area contributed by atoms with E-state index in [0.29, 0.717) is 5.56 Å². The molecule has 0 saturated carbocycles. The predicted octanol–water partition coefficient (Wildman–Crippen LogP) is 2.39. The third-order valence-corrected chi connectivity index (χ3v) is 13.7. The number of carbonyl (C=O) groups is 2. The number of aliphatic hydroxyl groups excluding tert-OH is 1. The van der Waals surface area contributed by atoms with E-state index in [9.17, 15) is 39.1 Å². The van der Waals surface area contributed by atoms with Crippen molar-refractivity contribution in [3.63, 3.8) is 0 Å². The molecule has 0 aliphatic carbocycles. The lowest BCUT2D eigenvalue weighted by atomic mass is 10.1. The number of ether oxygens (including phenoxy) is 2. The van der Waals surface area contributed by atoms with E-state index in [4.69, 9.17) is 27.6 Å². The minimum atomic E-state index is -4.53. The van der Waals surface area contributed by atoms with Crippen LogP contribution in [0.3, 0.4) is 0 Å². The number of hydrogen-bond acceptors (Lipinski definition) is 19. The van der Waals surface area contributed by atoms with E-state index < -0.39 is 94.8 Å². The fourth-order valence-corrected chi connectivity index (χ4v) is 10.4. The van der Waals surface area contributed by atoms with Gasteiger partial charge < -0.3 is 19.9 Å². The molecule has 9 atom stereocenters. The van der Waals surface area contributed by atoms with Crippen LogP contribution in [-0.4, -0.2) is 113 Å². The van der Waals surface area contributed by atoms with Crippen molar-refractivity contribution in [1.82, 2.24) is 49.2 Å². The van der Waals surface area contributed by atoms with E-state index in [-0.39, 0.29) is 66.6 Å². The molecule has 7 heterocycles. The number of amides is 2. The summed E-state index contributed by atoms with van der Waals surface area (Å²) >= 11 is 0. The van der Waals surface area contributed by atoms with Gasteiger partial charge in [-0.05, 0) is 12.1 Å². The highest BCUT2D eigenvalue weighted by Gasteiger charge is 2.51. The van der Waals surface area contributed by atoms with E-state index in [1.165, 1.54) is 23.5 Å². The van der Waals surface area contributed by atoms with Crippen LogP contribution in [-0.2, 0) is 41.5 Å². The van der Waals surface area contributed by atoms with Crippen LogP contribution in [0.5, 0.6) is 0 Å². The second-order valence-electron chi connectivity index (χ2n) is 15.1. The van der Waals surface area contributed by atoms with Crippen LogP contribution in [0.25, 0.3) is 22.3 Å². The Morgan fingerprint density at radius 2 is 1.58 bits per heavy atom. The summed E-state index contributed by atoms with van der Waals surface area (Å²) in [5.74, 6) is -1.39. The molecule has 65 heavy (non-hydrogen) atoms. The fraction of sp³-hybridized carbons (Fsp3) is 0.459. The number of aromatic amines is 1. The number of carbonyl (C=O) groups excluding carboxylic acids is 2. The lowest BCUT2D eigenvalue weighted by Gasteiger charge is -2.31. The minimum Gasteiger partial charge on any atom is -0.387 e. The van der Waals surface area contributed by atoms with Crippen molar-refractivity contribution in [2.45, 2.75) is 76.0 Å². The molecule has 342 valence electrons. The topological polar surface area (TPSA) is 347 Å². The van der Waals surface area contributed by atoms with Gasteiger partial charge in [-0.25, -0.2) is 39.2 Å². The highest BCUT2D eigenvalue weighted by molar-refractivity contribution is 7.52.